The number of fused-ring (bicyclic) bond motifs is 1. The predicted molar refractivity (Wildman–Crippen MR) is 72.9 cm³/mol. The van der Waals surface area contributed by atoms with Gasteiger partial charge in [0.1, 0.15) is 10.8 Å². The molecule has 0 aliphatic rings. The lowest BCUT2D eigenvalue weighted by Crippen LogP contribution is -2.11. The van der Waals surface area contributed by atoms with E-state index in [1.807, 2.05) is 6.92 Å². The molecule has 3 nitrogen and oxygen atoms in total. The number of alkyl halides is 3. The molecule has 0 spiro atoms. The second-order valence-corrected chi connectivity index (χ2v) is 4.81. The van der Waals surface area contributed by atoms with Crippen LogP contribution >= 0.6 is 11.6 Å². The molecule has 2 rings (SSSR count). The van der Waals surface area contributed by atoms with Gasteiger partial charge in [-0.1, -0.05) is 24.9 Å². The Hall–Kier alpha value is -1.69. The zero-order valence-electron chi connectivity index (χ0n) is 11.1. The van der Waals surface area contributed by atoms with Gasteiger partial charge in [-0.25, -0.2) is 4.79 Å². The third kappa shape index (κ3) is 3.32. The summed E-state index contributed by atoms with van der Waals surface area (Å²) in [6, 6.07) is 2.94. The highest BCUT2D eigenvalue weighted by Gasteiger charge is 2.34. The molecule has 0 aliphatic carbocycles. The van der Waals surface area contributed by atoms with E-state index in [0.29, 0.717) is 12.7 Å². The van der Waals surface area contributed by atoms with E-state index in [0.717, 1.165) is 12.8 Å². The minimum Gasteiger partial charge on any atom is -0.492 e. The fraction of sp³-hybridized carbons (Fsp3) is 0.357. The quantitative estimate of drug-likeness (QED) is 0.608. The maximum atomic E-state index is 12.9. The molecule has 21 heavy (non-hydrogen) atoms. The fourth-order valence-electron chi connectivity index (χ4n) is 1.85. The smallest absolute Gasteiger partial charge is 0.417 e. The van der Waals surface area contributed by atoms with Crippen molar-refractivity contribution in [3.05, 3.63) is 39.2 Å². The lowest BCUT2D eigenvalue weighted by Gasteiger charge is -2.12. The highest BCUT2D eigenvalue weighted by Crippen LogP contribution is 2.39. The molecule has 0 saturated heterocycles. The molecule has 0 amide bonds. The van der Waals surface area contributed by atoms with Crippen molar-refractivity contribution in [2.45, 2.75) is 25.9 Å². The monoisotopic (exact) mass is 320 g/mol. The topological polar surface area (TPSA) is 39.4 Å². The molecule has 114 valence electrons. The minimum absolute atomic E-state index is 0.133. The number of benzene rings is 1. The van der Waals surface area contributed by atoms with Crippen LogP contribution in [0.15, 0.2) is 27.4 Å². The third-order valence-electron chi connectivity index (χ3n) is 2.88. The van der Waals surface area contributed by atoms with Gasteiger partial charge < -0.3 is 9.15 Å². The Morgan fingerprint density at radius 1 is 1.33 bits per heavy atom. The summed E-state index contributed by atoms with van der Waals surface area (Å²) >= 11 is 5.99. The van der Waals surface area contributed by atoms with Gasteiger partial charge in [0, 0.05) is 11.5 Å². The molecule has 0 bridgehead atoms. The second kappa shape index (κ2) is 5.97. The van der Waals surface area contributed by atoms with Crippen LogP contribution in [0.5, 0.6) is 5.75 Å². The van der Waals surface area contributed by atoms with E-state index in [-0.39, 0.29) is 21.7 Å². The molecule has 0 atom stereocenters. The van der Waals surface area contributed by atoms with E-state index >= 15 is 0 Å². The summed E-state index contributed by atoms with van der Waals surface area (Å²) in [4.78, 5) is 11.3. The maximum absolute atomic E-state index is 12.9. The second-order valence-electron chi connectivity index (χ2n) is 4.43. The van der Waals surface area contributed by atoms with Crippen LogP contribution in [0.4, 0.5) is 13.2 Å². The average molecular weight is 321 g/mol. The molecular formula is C14H12ClF3O3. The highest BCUT2D eigenvalue weighted by atomic mass is 35.5. The van der Waals surface area contributed by atoms with Gasteiger partial charge in [0.05, 0.1) is 12.2 Å². The summed E-state index contributed by atoms with van der Waals surface area (Å²) in [5, 5.41) is -0.401. The largest absolute Gasteiger partial charge is 0.492 e. The molecule has 0 radical (unpaired) electrons. The molecule has 7 heteroatoms. The summed E-state index contributed by atoms with van der Waals surface area (Å²) < 4.78 is 49.0. The number of rotatable bonds is 4. The van der Waals surface area contributed by atoms with Gasteiger partial charge in [-0.3, -0.25) is 0 Å². The first-order valence-electron chi connectivity index (χ1n) is 6.31. The van der Waals surface area contributed by atoms with Crippen LogP contribution in [-0.4, -0.2) is 6.61 Å². The van der Waals surface area contributed by atoms with E-state index in [2.05, 4.69) is 0 Å². The van der Waals surface area contributed by atoms with E-state index in [4.69, 9.17) is 20.8 Å². The summed E-state index contributed by atoms with van der Waals surface area (Å²) in [7, 11) is 0. The first-order chi connectivity index (χ1) is 9.84. The van der Waals surface area contributed by atoms with Crippen molar-refractivity contribution in [1.82, 2.24) is 0 Å². The molecule has 2 aromatic rings. The normalized spacial score (nSPS) is 11.9. The molecule has 0 N–H and O–H groups in total. The number of hydrogen-bond acceptors (Lipinski definition) is 3. The molecular weight excluding hydrogens is 309 g/mol. The summed E-state index contributed by atoms with van der Waals surface area (Å²) in [5.74, 6) is 0.195. The van der Waals surface area contributed by atoms with Gasteiger partial charge >= 0.3 is 11.8 Å². The molecule has 1 heterocycles. The number of unbranched alkanes of at least 4 members (excludes halogenated alkanes) is 1. The van der Waals surface area contributed by atoms with Crippen LogP contribution in [0.3, 0.4) is 0 Å². The maximum Gasteiger partial charge on any atom is 0.417 e. The Kier molecular flexibility index (Phi) is 4.46. The van der Waals surface area contributed by atoms with Gasteiger partial charge in [0.2, 0.25) is 0 Å². The van der Waals surface area contributed by atoms with Gasteiger partial charge in [-0.15, -0.1) is 0 Å². The SMILES string of the molecule is CCCCOc1ccc2c(C(F)(F)F)cc(=O)oc2c1Cl. The van der Waals surface area contributed by atoms with Crippen molar-refractivity contribution in [3.63, 3.8) is 0 Å². The van der Waals surface area contributed by atoms with Gasteiger partial charge in [-0.05, 0) is 18.6 Å². The lowest BCUT2D eigenvalue weighted by atomic mass is 10.1. The van der Waals surface area contributed by atoms with Gasteiger partial charge in [-0.2, -0.15) is 13.2 Å². The fourth-order valence-corrected chi connectivity index (χ4v) is 2.11. The van der Waals surface area contributed by atoms with Crippen molar-refractivity contribution in [1.29, 1.82) is 0 Å². The highest BCUT2D eigenvalue weighted by molar-refractivity contribution is 6.36. The Morgan fingerprint density at radius 2 is 2.05 bits per heavy atom. The van der Waals surface area contributed by atoms with Crippen molar-refractivity contribution >= 4 is 22.6 Å². The average Bonchev–Trinajstić information content (AvgIpc) is 2.40. The number of ether oxygens (including phenoxy) is 1. The van der Waals surface area contributed by atoms with Crippen molar-refractivity contribution in [2.75, 3.05) is 6.61 Å². The van der Waals surface area contributed by atoms with Crippen LogP contribution in [0, 0.1) is 0 Å². The van der Waals surface area contributed by atoms with Crippen LogP contribution in [-0.2, 0) is 6.18 Å². The van der Waals surface area contributed by atoms with E-state index in [1.54, 1.807) is 0 Å². The molecule has 0 aliphatic heterocycles. The van der Waals surface area contributed by atoms with Crippen molar-refractivity contribution < 1.29 is 22.3 Å². The molecule has 0 saturated carbocycles. The molecule has 0 unspecified atom stereocenters. The molecule has 0 fully saturated rings. The van der Waals surface area contributed by atoms with E-state index in [9.17, 15) is 18.0 Å². The third-order valence-corrected chi connectivity index (χ3v) is 3.24. The van der Waals surface area contributed by atoms with Crippen molar-refractivity contribution in [2.24, 2.45) is 0 Å². The van der Waals surface area contributed by atoms with Crippen molar-refractivity contribution in [3.8, 4) is 5.75 Å². The summed E-state index contributed by atoms with van der Waals surface area (Å²) in [6.45, 7) is 2.35. The van der Waals surface area contributed by atoms with E-state index in [1.165, 1.54) is 12.1 Å². The summed E-state index contributed by atoms with van der Waals surface area (Å²) in [6.07, 6.45) is -2.98. The Balaban J connectivity index is 2.58. The first-order valence-corrected chi connectivity index (χ1v) is 6.68. The Labute approximate surface area is 123 Å². The lowest BCUT2D eigenvalue weighted by molar-refractivity contribution is -0.136. The molecule has 1 aromatic heterocycles. The number of halogens is 4. The molecule has 1 aromatic carbocycles. The Morgan fingerprint density at radius 3 is 2.67 bits per heavy atom. The van der Waals surface area contributed by atoms with Crippen LogP contribution < -0.4 is 10.4 Å². The first kappa shape index (κ1) is 15.7. The zero-order chi connectivity index (χ0) is 15.6. The standard InChI is InChI=1S/C14H12ClF3O3/c1-2-3-6-20-10-5-4-8-9(14(16,17)18)7-11(19)21-13(8)12(10)15/h4-5,7H,2-3,6H2,1H3. The van der Waals surface area contributed by atoms with E-state index < -0.39 is 17.4 Å². The van der Waals surface area contributed by atoms with Gasteiger partial charge in [0.15, 0.2) is 5.58 Å². The van der Waals surface area contributed by atoms with Crippen LogP contribution in [0.2, 0.25) is 5.02 Å². The minimum atomic E-state index is -4.66. The Bertz CT molecular complexity index is 707. The van der Waals surface area contributed by atoms with Crippen LogP contribution in [0.1, 0.15) is 25.3 Å². The zero-order valence-corrected chi connectivity index (χ0v) is 11.8. The predicted octanol–water partition coefficient (Wildman–Crippen LogP) is 4.64. The van der Waals surface area contributed by atoms with Crippen LogP contribution in [0.25, 0.3) is 11.0 Å². The number of hydrogen-bond donors (Lipinski definition) is 0. The summed E-state index contributed by atoms with van der Waals surface area (Å²) in [5.41, 5.74) is -2.50. The van der Waals surface area contributed by atoms with Gasteiger partial charge in [0.25, 0.3) is 0 Å².